The Labute approximate surface area is 137 Å². The van der Waals surface area contributed by atoms with Crippen LogP contribution in [0.15, 0.2) is 18.2 Å². The van der Waals surface area contributed by atoms with Gasteiger partial charge in [0, 0.05) is 18.6 Å². The van der Waals surface area contributed by atoms with Gasteiger partial charge in [0.15, 0.2) is 0 Å². The van der Waals surface area contributed by atoms with Crippen LogP contribution in [0.2, 0.25) is 10.0 Å². The third-order valence-electron chi connectivity index (χ3n) is 5.24. The molecule has 1 saturated heterocycles. The predicted molar refractivity (Wildman–Crippen MR) is 89.9 cm³/mol. The zero-order valence-electron chi connectivity index (χ0n) is 12.4. The highest BCUT2D eigenvalue weighted by atomic mass is 35.5. The second kappa shape index (κ2) is 6.87. The minimum atomic E-state index is 0.269. The molecule has 1 aliphatic heterocycles. The smallest absolute Gasteiger partial charge is 0.0595 e. The molecular formula is C17H24Cl2N2. The summed E-state index contributed by atoms with van der Waals surface area (Å²) in [6.45, 7) is 1.80. The van der Waals surface area contributed by atoms with E-state index in [1.54, 1.807) is 0 Å². The molecule has 1 unspecified atom stereocenters. The first-order chi connectivity index (χ1) is 10.2. The second-order valence-corrected chi connectivity index (χ2v) is 7.23. The number of nitrogens with two attached hydrogens (primary N) is 1. The van der Waals surface area contributed by atoms with Crippen molar-refractivity contribution in [1.82, 2.24) is 4.90 Å². The lowest BCUT2D eigenvalue weighted by Crippen LogP contribution is -2.49. The van der Waals surface area contributed by atoms with Crippen molar-refractivity contribution in [2.45, 2.75) is 50.6 Å². The van der Waals surface area contributed by atoms with Crippen molar-refractivity contribution >= 4 is 23.2 Å². The lowest BCUT2D eigenvalue weighted by molar-refractivity contribution is 0.0276. The lowest BCUT2D eigenvalue weighted by atomic mass is 9.77. The van der Waals surface area contributed by atoms with Crippen molar-refractivity contribution in [3.63, 3.8) is 0 Å². The largest absolute Gasteiger partial charge is 0.329 e. The van der Waals surface area contributed by atoms with Gasteiger partial charge in [-0.3, -0.25) is 4.90 Å². The van der Waals surface area contributed by atoms with Crippen molar-refractivity contribution in [3.05, 3.63) is 33.8 Å². The molecule has 116 valence electrons. The highest BCUT2D eigenvalue weighted by Crippen LogP contribution is 2.39. The molecule has 3 atom stereocenters. The van der Waals surface area contributed by atoms with Crippen molar-refractivity contribution in [3.8, 4) is 0 Å². The van der Waals surface area contributed by atoms with E-state index < -0.39 is 0 Å². The SMILES string of the molecule is NCC(c1ccc(Cl)c(Cl)c1)N1CCC[C@H]2CCCC[C@H]21. The topological polar surface area (TPSA) is 29.3 Å². The van der Waals surface area contributed by atoms with Crippen molar-refractivity contribution < 1.29 is 0 Å². The molecule has 2 N–H and O–H groups in total. The molecule has 0 spiro atoms. The maximum Gasteiger partial charge on any atom is 0.0595 e. The molecule has 3 rings (SSSR count). The zero-order valence-corrected chi connectivity index (χ0v) is 13.9. The average molecular weight is 327 g/mol. The third kappa shape index (κ3) is 3.24. The number of hydrogen-bond acceptors (Lipinski definition) is 2. The van der Waals surface area contributed by atoms with Crippen molar-refractivity contribution in [2.75, 3.05) is 13.1 Å². The van der Waals surface area contributed by atoms with E-state index in [1.807, 2.05) is 12.1 Å². The van der Waals surface area contributed by atoms with Gasteiger partial charge < -0.3 is 5.73 Å². The second-order valence-electron chi connectivity index (χ2n) is 6.42. The normalized spacial score (nSPS) is 28.1. The first-order valence-corrected chi connectivity index (χ1v) is 8.87. The minimum Gasteiger partial charge on any atom is -0.329 e. The minimum absolute atomic E-state index is 0.269. The van der Waals surface area contributed by atoms with Gasteiger partial charge in [0.05, 0.1) is 10.0 Å². The zero-order chi connectivity index (χ0) is 14.8. The standard InChI is InChI=1S/C17H24Cl2N2/c18-14-8-7-13(10-15(14)19)17(11-20)21-9-3-5-12-4-1-2-6-16(12)21/h7-8,10,12,16-17H,1-6,9,11,20H2/t12-,16-,17?/m1/s1. The Morgan fingerprint density at radius 3 is 2.62 bits per heavy atom. The highest BCUT2D eigenvalue weighted by Gasteiger charge is 2.36. The molecule has 1 aliphatic carbocycles. The van der Waals surface area contributed by atoms with E-state index in [1.165, 1.54) is 44.1 Å². The van der Waals surface area contributed by atoms with Gasteiger partial charge in [-0.1, -0.05) is 42.1 Å². The van der Waals surface area contributed by atoms with E-state index in [0.29, 0.717) is 22.6 Å². The van der Waals surface area contributed by atoms with Gasteiger partial charge >= 0.3 is 0 Å². The number of piperidine rings is 1. The van der Waals surface area contributed by atoms with Gasteiger partial charge in [0.25, 0.3) is 0 Å². The number of halogens is 2. The Bertz CT molecular complexity index is 490. The van der Waals surface area contributed by atoms with E-state index in [4.69, 9.17) is 28.9 Å². The average Bonchev–Trinajstić information content (AvgIpc) is 2.52. The van der Waals surface area contributed by atoms with Crippen LogP contribution in [0.4, 0.5) is 0 Å². The fourth-order valence-electron chi connectivity index (χ4n) is 4.23. The quantitative estimate of drug-likeness (QED) is 0.876. The maximum absolute atomic E-state index is 6.20. The number of hydrogen-bond donors (Lipinski definition) is 1. The molecule has 0 radical (unpaired) electrons. The Morgan fingerprint density at radius 2 is 1.86 bits per heavy atom. The summed E-state index contributed by atoms with van der Waals surface area (Å²) in [6.07, 6.45) is 8.15. The summed E-state index contributed by atoms with van der Waals surface area (Å²) in [5, 5.41) is 1.25. The third-order valence-corrected chi connectivity index (χ3v) is 5.98. The Hall–Kier alpha value is -0.280. The van der Waals surface area contributed by atoms with Crippen molar-refractivity contribution in [2.24, 2.45) is 11.7 Å². The van der Waals surface area contributed by atoms with Gasteiger partial charge in [0.2, 0.25) is 0 Å². The summed E-state index contributed by atoms with van der Waals surface area (Å²) in [5.41, 5.74) is 7.33. The van der Waals surface area contributed by atoms with Crippen LogP contribution in [0.1, 0.15) is 50.1 Å². The number of benzene rings is 1. The molecule has 2 fully saturated rings. The summed E-state index contributed by atoms with van der Waals surface area (Å²) in [7, 11) is 0. The van der Waals surface area contributed by atoms with E-state index in [-0.39, 0.29) is 6.04 Å². The van der Waals surface area contributed by atoms with Crippen LogP contribution in [0.3, 0.4) is 0 Å². The van der Waals surface area contributed by atoms with Crippen LogP contribution >= 0.6 is 23.2 Å². The first-order valence-electron chi connectivity index (χ1n) is 8.11. The van der Waals surface area contributed by atoms with Crippen LogP contribution in [0, 0.1) is 5.92 Å². The number of fused-ring (bicyclic) bond motifs is 1. The molecule has 0 bridgehead atoms. The van der Waals surface area contributed by atoms with E-state index in [9.17, 15) is 0 Å². The van der Waals surface area contributed by atoms with Gasteiger partial charge in [-0.2, -0.15) is 0 Å². The first kappa shape index (κ1) is 15.6. The van der Waals surface area contributed by atoms with Crippen LogP contribution < -0.4 is 5.73 Å². The van der Waals surface area contributed by atoms with Gasteiger partial charge in [-0.15, -0.1) is 0 Å². The molecular weight excluding hydrogens is 303 g/mol. The van der Waals surface area contributed by atoms with Gasteiger partial charge in [-0.25, -0.2) is 0 Å². The molecule has 2 nitrogen and oxygen atoms in total. The molecule has 1 saturated carbocycles. The van der Waals surface area contributed by atoms with Crippen LogP contribution in [-0.4, -0.2) is 24.0 Å². The van der Waals surface area contributed by atoms with Gasteiger partial charge in [-0.05, 0) is 55.8 Å². The Morgan fingerprint density at radius 1 is 1.10 bits per heavy atom. The molecule has 4 heteroatoms. The van der Waals surface area contributed by atoms with Crippen LogP contribution in [-0.2, 0) is 0 Å². The molecule has 0 aromatic heterocycles. The fourth-order valence-corrected chi connectivity index (χ4v) is 4.54. The van der Waals surface area contributed by atoms with Crippen molar-refractivity contribution in [1.29, 1.82) is 0 Å². The molecule has 1 heterocycles. The van der Waals surface area contributed by atoms with E-state index in [2.05, 4.69) is 11.0 Å². The van der Waals surface area contributed by atoms with Crippen LogP contribution in [0.5, 0.6) is 0 Å². The molecule has 1 aromatic rings. The number of rotatable bonds is 3. The summed E-state index contributed by atoms with van der Waals surface area (Å²) >= 11 is 12.2. The highest BCUT2D eigenvalue weighted by molar-refractivity contribution is 6.42. The fraction of sp³-hybridized carbons (Fsp3) is 0.647. The molecule has 1 aromatic carbocycles. The van der Waals surface area contributed by atoms with E-state index >= 15 is 0 Å². The molecule has 0 amide bonds. The summed E-state index contributed by atoms with van der Waals surface area (Å²) in [6, 6.07) is 6.94. The predicted octanol–water partition coefficient (Wildman–Crippen LogP) is 4.65. The number of nitrogens with zero attached hydrogens (tertiary/aromatic N) is 1. The molecule has 2 aliphatic rings. The molecule has 21 heavy (non-hydrogen) atoms. The number of likely N-dealkylation sites (tertiary alicyclic amines) is 1. The summed E-state index contributed by atoms with van der Waals surface area (Å²) in [5.74, 6) is 0.865. The van der Waals surface area contributed by atoms with Gasteiger partial charge in [0.1, 0.15) is 0 Å². The lowest BCUT2D eigenvalue weighted by Gasteiger charge is -2.47. The Kier molecular flexibility index (Phi) is 5.11. The Balaban J connectivity index is 1.85. The van der Waals surface area contributed by atoms with Crippen LogP contribution in [0.25, 0.3) is 0 Å². The van der Waals surface area contributed by atoms with E-state index in [0.717, 1.165) is 12.5 Å². The monoisotopic (exact) mass is 326 g/mol. The summed E-state index contributed by atoms with van der Waals surface area (Å²) < 4.78 is 0. The maximum atomic E-state index is 6.20. The summed E-state index contributed by atoms with van der Waals surface area (Å²) in [4.78, 5) is 2.65.